The molecule has 4 nitrogen and oxygen atoms in total. The van der Waals surface area contributed by atoms with Crippen molar-refractivity contribution in [2.24, 2.45) is 0 Å². The summed E-state index contributed by atoms with van der Waals surface area (Å²) < 4.78 is 30.6. The first-order valence-corrected chi connectivity index (χ1v) is 6.35. The van der Waals surface area contributed by atoms with E-state index in [-0.39, 0.29) is 13.2 Å². The van der Waals surface area contributed by atoms with E-state index in [9.17, 15) is 13.6 Å². The van der Waals surface area contributed by atoms with Crippen molar-refractivity contribution in [2.75, 3.05) is 13.2 Å². The zero-order valence-electron chi connectivity index (χ0n) is 9.85. The van der Waals surface area contributed by atoms with Crippen LogP contribution in [0.2, 0.25) is 0 Å². The van der Waals surface area contributed by atoms with Crippen molar-refractivity contribution in [2.45, 2.75) is 13.0 Å². The molecule has 0 atom stereocenters. The normalized spacial score (nSPS) is 14.5. The lowest BCUT2D eigenvalue weighted by Crippen LogP contribution is -2.28. The van der Waals surface area contributed by atoms with E-state index in [0.717, 1.165) is 5.56 Å². The van der Waals surface area contributed by atoms with Crippen molar-refractivity contribution < 1.29 is 18.3 Å². The molecule has 2 heterocycles. The second-order valence-electron chi connectivity index (χ2n) is 4.00. The van der Waals surface area contributed by atoms with Gasteiger partial charge in [-0.2, -0.15) is 0 Å². The Labute approximate surface area is 117 Å². The highest BCUT2D eigenvalue weighted by Gasteiger charge is 2.22. The van der Waals surface area contributed by atoms with Crippen LogP contribution in [0.4, 0.5) is 8.78 Å². The van der Waals surface area contributed by atoms with E-state index in [4.69, 9.17) is 4.74 Å². The summed E-state index contributed by atoms with van der Waals surface area (Å²) in [5, 5.41) is 0. The zero-order valence-corrected chi connectivity index (χ0v) is 11.4. The van der Waals surface area contributed by atoms with E-state index < -0.39 is 18.9 Å². The zero-order chi connectivity index (χ0) is 13.8. The Bertz CT molecular complexity index is 491. The summed E-state index contributed by atoms with van der Waals surface area (Å²) in [6.45, 7) is -0.152. The van der Waals surface area contributed by atoms with Crippen LogP contribution in [0.15, 0.2) is 34.7 Å². The van der Waals surface area contributed by atoms with Crippen LogP contribution >= 0.6 is 15.9 Å². The molecule has 0 amide bonds. The highest BCUT2D eigenvalue weighted by atomic mass is 79.9. The number of rotatable bonds is 5. The third-order valence-corrected chi connectivity index (χ3v) is 3.04. The fourth-order valence-corrected chi connectivity index (χ4v) is 1.95. The van der Waals surface area contributed by atoms with Gasteiger partial charge in [0.1, 0.15) is 11.2 Å². The SMILES string of the molecule is O=C1C=C(N(Cc2ccc(Br)nc2)CC(F)F)CO1. The second-order valence-corrected chi connectivity index (χ2v) is 4.82. The van der Waals surface area contributed by atoms with Gasteiger partial charge in [-0.15, -0.1) is 0 Å². The third kappa shape index (κ3) is 3.99. The van der Waals surface area contributed by atoms with Gasteiger partial charge >= 0.3 is 5.97 Å². The van der Waals surface area contributed by atoms with Gasteiger partial charge in [0, 0.05) is 18.8 Å². The molecule has 0 aromatic carbocycles. The van der Waals surface area contributed by atoms with Crippen molar-refractivity contribution in [3.63, 3.8) is 0 Å². The van der Waals surface area contributed by atoms with Gasteiger partial charge in [0.05, 0.1) is 12.2 Å². The minimum Gasteiger partial charge on any atom is -0.456 e. The molecule has 0 saturated heterocycles. The number of ether oxygens (including phenoxy) is 1. The molecule has 1 aromatic heterocycles. The van der Waals surface area contributed by atoms with Gasteiger partial charge in [-0.1, -0.05) is 6.07 Å². The average molecular weight is 333 g/mol. The monoisotopic (exact) mass is 332 g/mol. The number of esters is 1. The molecule has 102 valence electrons. The van der Waals surface area contributed by atoms with E-state index in [1.807, 2.05) is 0 Å². The predicted molar refractivity (Wildman–Crippen MR) is 67.4 cm³/mol. The van der Waals surface area contributed by atoms with E-state index in [1.54, 1.807) is 18.3 Å². The molecule has 19 heavy (non-hydrogen) atoms. The molecule has 1 aliphatic heterocycles. The van der Waals surface area contributed by atoms with Crippen LogP contribution in [-0.2, 0) is 16.1 Å². The van der Waals surface area contributed by atoms with Crippen LogP contribution < -0.4 is 0 Å². The fraction of sp³-hybridized carbons (Fsp3) is 0.333. The molecular formula is C12H11BrF2N2O2. The number of cyclic esters (lactones) is 1. The Balaban J connectivity index is 2.11. The molecule has 7 heteroatoms. The molecule has 0 saturated carbocycles. The molecule has 2 rings (SSSR count). The van der Waals surface area contributed by atoms with E-state index in [2.05, 4.69) is 20.9 Å². The highest BCUT2D eigenvalue weighted by molar-refractivity contribution is 9.10. The lowest BCUT2D eigenvalue weighted by molar-refractivity contribution is -0.135. The molecule has 0 radical (unpaired) electrons. The van der Waals surface area contributed by atoms with E-state index in [1.165, 1.54) is 11.0 Å². The van der Waals surface area contributed by atoms with Gasteiger partial charge in [0.2, 0.25) is 0 Å². The number of nitrogens with zero attached hydrogens (tertiary/aromatic N) is 2. The number of alkyl halides is 2. The standard InChI is InChI=1S/C12H11BrF2N2O2/c13-10-2-1-8(4-16-10)5-17(6-11(14)15)9-3-12(18)19-7-9/h1-4,11H,5-7H2. The molecule has 0 N–H and O–H groups in total. The van der Waals surface area contributed by atoms with Crippen molar-refractivity contribution in [1.29, 1.82) is 0 Å². The lowest BCUT2D eigenvalue weighted by atomic mass is 10.2. The quantitative estimate of drug-likeness (QED) is 0.613. The number of carbonyl (C=O) groups excluding carboxylic acids is 1. The van der Waals surface area contributed by atoms with Crippen molar-refractivity contribution in [3.8, 4) is 0 Å². The topological polar surface area (TPSA) is 42.4 Å². The summed E-state index contributed by atoms with van der Waals surface area (Å²) in [7, 11) is 0. The van der Waals surface area contributed by atoms with Crippen molar-refractivity contribution in [3.05, 3.63) is 40.3 Å². The van der Waals surface area contributed by atoms with Gasteiger partial charge in [0.15, 0.2) is 0 Å². The maximum Gasteiger partial charge on any atom is 0.333 e. The van der Waals surface area contributed by atoms with Gasteiger partial charge in [-0.3, -0.25) is 0 Å². The van der Waals surface area contributed by atoms with Crippen LogP contribution in [-0.4, -0.2) is 35.4 Å². The summed E-state index contributed by atoms with van der Waals surface area (Å²) in [6.07, 6.45) is 0.357. The highest BCUT2D eigenvalue weighted by Crippen LogP contribution is 2.18. The number of hydrogen-bond acceptors (Lipinski definition) is 4. The molecule has 0 aliphatic carbocycles. The van der Waals surface area contributed by atoms with E-state index >= 15 is 0 Å². The summed E-state index contributed by atoms with van der Waals surface area (Å²) in [5.41, 5.74) is 1.25. The second kappa shape index (κ2) is 6.10. The smallest absolute Gasteiger partial charge is 0.333 e. The number of pyridine rings is 1. The Hall–Kier alpha value is -1.50. The number of hydrogen-bond donors (Lipinski definition) is 0. The Morgan fingerprint density at radius 1 is 1.47 bits per heavy atom. The van der Waals surface area contributed by atoms with Gasteiger partial charge in [-0.05, 0) is 27.6 Å². The summed E-state index contributed by atoms with van der Waals surface area (Å²) in [4.78, 5) is 16.5. The third-order valence-electron chi connectivity index (χ3n) is 2.57. The summed E-state index contributed by atoms with van der Waals surface area (Å²) in [6, 6.07) is 3.52. The fourth-order valence-electron chi connectivity index (χ4n) is 1.72. The first kappa shape index (κ1) is 13.9. The summed E-state index contributed by atoms with van der Waals surface area (Å²) in [5.74, 6) is -0.497. The van der Waals surface area contributed by atoms with Gasteiger partial charge in [0.25, 0.3) is 6.43 Å². The number of halogens is 3. The van der Waals surface area contributed by atoms with Gasteiger partial charge < -0.3 is 9.64 Å². The maximum atomic E-state index is 12.6. The number of carbonyl (C=O) groups is 1. The maximum absolute atomic E-state index is 12.6. The largest absolute Gasteiger partial charge is 0.456 e. The Morgan fingerprint density at radius 2 is 2.26 bits per heavy atom. The lowest BCUT2D eigenvalue weighted by Gasteiger charge is -2.24. The predicted octanol–water partition coefficient (Wildman–Crippen LogP) is 2.35. The Kier molecular flexibility index (Phi) is 4.47. The van der Waals surface area contributed by atoms with Crippen LogP contribution in [0.1, 0.15) is 5.56 Å². The molecule has 0 fully saturated rings. The van der Waals surface area contributed by atoms with Crippen LogP contribution in [0.5, 0.6) is 0 Å². The molecule has 1 aromatic rings. The molecule has 0 bridgehead atoms. The van der Waals surface area contributed by atoms with Crippen molar-refractivity contribution >= 4 is 21.9 Å². The number of aromatic nitrogens is 1. The van der Waals surface area contributed by atoms with Crippen LogP contribution in [0.3, 0.4) is 0 Å². The molecule has 0 unspecified atom stereocenters. The van der Waals surface area contributed by atoms with Gasteiger partial charge in [-0.25, -0.2) is 18.6 Å². The first-order chi connectivity index (χ1) is 9.04. The van der Waals surface area contributed by atoms with Crippen LogP contribution in [0, 0.1) is 0 Å². The molecular weight excluding hydrogens is 322 g/mol. The minimum atomic E-state index is -2.49. The van der Waals surface area contributed by atoms with E-state index in [0.29, 0.717) is 10.3 Å². The first-order valence-electron chi connectivity index (χ1n) is 5.55. The molecule has 1 aliphatic rings. The molecule has 0 spiro atoms. The average Bonchev–Trinajstić information content (AvgIpc) is 2.77. The van der Waals surface area contributed by atoms with Crippen molar-refractivity contribution in [1.82, 2.24) is 9.88 Å². The minimum absolute atomic E-state index is 0.0372. The Morgan fingerprint density at radius 3 is 2.79 bits per heavy atom. The summed E-state index contributed by atoms with van der Waals surface area (Å²) >= 11 is 3.21. The van der Waals surface area contributed by atoms with Crippen LogP contribution in [0.25, 0.3) is 0 Å².